The highest BCUT2D eigenvalue weighted by atomic mass is 127. The molecule has 0 saturated carbocycles. The van der Waals surface area contributed by atoms with Gasteiger partial charge in [-0.2, -0.15) is 0 Å². The Hall–Kier alpha value is 0.625. The monoisotopic (exact) mass is 420 g/mol. The van der Waals surface area contributed by atoms with Crippen molar-refractivity contribution in [3.63, 3.8) is 0 Å². The zero-order valence-corrected chi connectivity index (χ0v) is 11.9. The summed E-state index contributed by atoms with van der Waals surface area (Å²) in [6, 6.07) is 0. The number of hydrogen-bond donors (Lipinski definition) is 1. The van der Waals surface area contributed by atoms with Gasteiger partial charge in [-0.15, -0.1) is 0 Å². The van der Waals surface area contributed by atoms with Crippen LogP contribution in [0.2, 0.25) is 6.32 Å². The van der Waals surface area contributed by atoms with Crippen molar-refractivity contribution < 1.29 is 9.59 Å². The summed E-state index contributed by atoms with van der Waals surface area (Å²) in [5, 5.41) is 3.07. The average molecular weight is 420 g/mol. The van der Waals surface area contributed by atoms with Crippen LogP contribution in [0.3, 0.4) is 0 Å². The quantitative estimate of drug-likeness (QED) is 0.162. The number of amides is 1. The summed E-state index contributed by atoms with van der Waals surface area (Å²) in [4.78, 5) is 23.6. The Kier molecular flexibility index (Phi) is 9.29. The average Bonchev–Trinajstić information content (AvgIpc) is 2.15. The lowest BCUT2D eigenvalue weighted by Gasteiger charge is -2.20. The van der Waals surface area contributed by atoms with Crippen LogP contribution < -0.4 is 5.32 Å². The Labute approximate surface area is 112 Å². The number of nitrogens with zero attached hydrogens (tertiary/aromatic N) is 1. The van der Waals surface area contributed by atoms with Crippen molar-refractivity contribution in [1.82, 2.24) is 10.2 Å². The van der Waals surface area contributed by atoms with E-state index < -0.39 is 0 Å². The van der Waals surface area contributed by atoms with Crippen molar-refractivity contribution in [1.29, 1.82) is 0 Å². The standard InChI is InChI=1S/C7H11BI2N2O2/c8-3-7(14)12(4-6(10)13)2-1-11-5-9/h11H,1-5H2. The first-order valence-electron chi connectivity index (χ1n) is 4.04. The van der Waals surface area contributed by atoms with Crippen molar-refractivity contribution in [2.45, 2.75) is 6.32 Å². The Balaban J connectivity index is 3.97. The van der Waals surface area contributed by atoms with Gasteiger partial charge in [0.25, 0.3) is 0 Å². The summed E-state index contributed by atoms with van der Waals surface area (Å²) >= 11 is 3.85. The SMILES string of the molecule is [B]CC(=O)N(CCNCI)CC(=O)I. The molecule has 0 spiro atoms. The summed E-state index contributed by atoms with van der Waals surface area (Å²) in [6.07, 6.45) is -0.0475. The molecule has 7 heteroatoms. The summed E-state index contributed by atoms with van der Waals surface area (Å²) in [7, 11) is 5.23. The Morgan fingerprint density at radius 3 is 2.50 bits per heavy atom. The lowest BCUT2D eigenvalue weighted by atomic mass is 10.0. The molecule has 0 bridgehead atoms. The highest BCUT2D eigenvalue weighted by Crippen LogP contribution is 1.96. The van der Waals surface area contributed by atoms with Crippen LogP contribution >= 0.6 is 45.2 Å². The van der Waals surface area contributed by atoms with Gasteiger partial charge in [0.15, 0.2) is 0 Å². The van der Waals surface area contributed by atoms with E-state index in [4.69, 9.17) is 7.85 Å². The van der Waals surface area contributed by atoms with Gasteiger partial charge in [0.2, 0.25) is 9.70 Å². The molecule has 1 amide bonds. The number of alkyl halides is 1. The maximum absolute atomic E-state index is 11.3. The number of rotatable bonds is 7. The van der Waals surface area contributed by atoms with E-state index in [0.29, 0.717) is 13.1 Å². The minimum absolute atomic E-state index is 0.0475. The van der Waals surface area contributed by atoms with Crippen LogP contribution in [0.1, 0.15) is 0 Å². The van der Waals surface area contributed by atoms with Gasteiger partial charge in [-0.3, -0.25) is 9.59 Å². The Morgan fingerprint density at radius 1 is 1.43 bits per heavy atom. The second-order valence-electron chi connectivity index (χ2n) is 2.51. The highest BCUT2D eigenvalue weighted by Gasteiger charge is 2.12. The molecule has 0 fully saturated rings. The fourth-order valence-corrected chi connectivity index (χ4v) is 1.65. The van der Waals surface area contributed by atoms with Crippen molar-refractivity contribution in [3.05, 3.63) is 0 Å². The first-order chi connectivity index (χ1) is 6.61. The van der Waals surface area contributed by atoms with Gasteiger partial charge in [0.1, 0.15) is 0 Å². The van der Waals surface area contributed by atoms with E-state index in [2.05, 4.69) is 27.9 Å². The van der Waals surface area contributed by atoms with E-state index in [0.717, 1.165) is 4.55 Å². The molecular weight excluding hydrogens is 409 g/mol. The molecule has 0 atom stereocenters. The number of halogens is 2. The molecule has 14 heavy (non-hydrogen) atoms. The second-order valence-corrected chi connectivity index (χ2v) is 4.47. The predicted octanol–water partition coefficient (Wildman–Crippen LogP) is 0.345. The van der Waals surface area contributed by atoms with E-state index >= 15 is 0 Å². The molecule has 1 N–H and O–H groups in total. The maximum atomic E-state index is 11.3. The summed E-state index contributed by atoms with van der Waals surface area (Å²) in [5.74, 6) is -0.190. The molecule has 0 aromatic carbocycles. The van der Waals surface area contributed by atoms with Crippen LogP contribution in [0.5, 0.6) is 0 Å². The van der Waals surface area contributed by atoms with E-state index in [1.807, 2.05) is 0 Å². The van der Waals surface area contributed by atoms with Gasteiger partial charge in [-0.25, -0.2) is 0 Å². The maximum Gasteiger partial charge on any atom is 0.214 e. The zero-order chi connectivity index (χ0) is 11.0. The molecule has 0 rings (SSSR count). The third-order valence-electron chi connectivity index (χ3n) is 1.50. The summed E-state index contributed by atoms with van der Waals surface area (Å²) in [6.45, 7) is 1.34. The largest absolute Gasteiger partial charge is 0.334 e. The van der Waals surface area contributed by atoms with Crippen LogP contribution in [0.15, 0.2) is 0 Å². The summed E-state index contributed by atoms with van der Waals surface area (Å²) in [5.41, 5.74) is 0. The van der Waals surface area contributed by atoms with Crippen molar-refractivity contribution in [2.24, 2.45) is 0 Å². The molecule has 0 aromatic heterocycles. The van der Waals surface area contributed by atoms with Crippen molar-refractivity contribution in [2.75, 3.05) is 24.2 Å². The fourth-order valence-electron chi connectivity index (χ4n) is 0.852. The number of carbonyl (C=O) groups excluding carboxylic acids is 2. The summed E-state index contributed by atoms with van der Waals surface area (Å²) < 4.78 is 0.763. The number of hydrogen-bond acceptors (Lipinski definition) is 3. The molecule has 0 saturated heterocycles. The third kappa shape index (κ3) is 6.99. The minimum Gasteiger partial charge on any atom is -0.334 e. The van der Waals surface area contributed by atoms with E-state index in [1.54, 1.807) is 22.6 Å². The van der Waals surface area contributed by atoms with Gasteiger partial charge in [0, 0.05) is 40.2 Å². The molecule has 2 radical (unpaired) electrons. The normalized spacial score (nSPS) is 9.86. The third-order valence-corrected chi connectivity index (χ3v) is 2.38. The van der Waals surface area contributed by atoms with E-state index in [-0.39, 0.29) is 22.6 Å². The second kappa shape index (κ2) is 8.90. The Morgan fingerprint density at radius 2 is 2.07 bits per heavy atom. The highest BCUT2D eigenvalue weighted by molar-refractivity contribution is 14.1. The van der Waals surface area contributed by atoms with Crippen molar-refractivity contribution in [3.8, 4) is 0 Å². The first-order valence-corrected chi connectivity index (χ1v) is 6.65. The predicted molar refractivity (Wildman–Crippen MR) is 73.1 cm³/mol. The molecular formula is C7H11BI2N2O2. The molecule has 0 aromatic rings. The van der Waals surface area contributed by atoms with E-state index in [9.17, 15) is 9.59 Å². The first kappa shape index (κ1) is 14.6. The van der Waals surface area contributed by atoms with Crippen LogP contribution in [-0.2, 0) is 9.59 Å². The van der Waals surface area contributed by atoms with Crippen LogP contribution in [0, 0.1) is 0 Å². The molecule has 0 aliphatic rings. The fraction of sp³-hybridized carbons (Fsp3) is 0.714. The molecule has 0 aliphatic heterocycles. The van der Waals surface area contributed by atoms with Crippen LogP contribution in [-0.4, -0.2) is 46.6 Å². The lowest BCUT2D eigenvalue weighted by Crippen LogP contribution is -2.38. The molecule has 0 unspecified atom stereocenters. The zero-order valence-electron chi connectivity index (χ0n) is 7.63. The van der Waals surface area contributed by atoms with Gasteiger partial charge in [0.05, 0.1) is 14.4 Å². The Bertz CT molecular complexity index is 204. The molecule has 0 heterocycles. The van der Waals surface area contributed by atoms with Gasteiger partial charge in [-0.1, -0.05) is 22.6 Å². The lowest BCUT2D eigenvalue weighted by molar-refractivity contribution is -0.131. The number of nitrogens with one attached hydrogen (secondary N) is 1. The molecule has 0 aliphatic carbocycles. The number of carbonyl (C=O) groups is 2. The minimum atomic E-state index is -0.190. The van der Waals surface area contributed by atoms with Crippen molar-refractivity contribution >= 4 is 62.7 Å². The van der Waals surface area contributed by atoms with E-state index in [1.165, 1.54) is 4.90 Å². The van der Waals surface area contributed by atoms with Gasteiger partial charge < -0.3 is 10.2 Å². The van der Waals surface area contributed by atoms with Crippen LogP contribution in [0.25, 0.3) is 0 Å². The van der Waals surface area contributed by atoms with Crippen LogP contribution in [0.4, 0.5) is 0 Å². The topological polar surface area (TPSA) is 49.4 Å². The molecule has 78 valence electrons. The van der Waals surface area contributed by atoms with Gasteiger partial charge >= 0.3 is 0 Å². The smallest absolute Gasteiger partial charge is 0.214 e. The van der Waals surface area contributed by atoms with Gasteiger partial charge in [-0.05, 0) is 6.32 Å². The molecule has 4 nitrogen and oxygen atoms in total.